The smallest absolute Gasteiger partial charge is 0.255 e. The molecule has 0 bridgehead atoms. The Kier molecular flexibility index (Phi) is 2.85. The number of aliphatic carboxylic acids is 1. The molecule has 1 aromatic rings. The van der Waals surface area contributed by atoms with Gasteiger partial charge in [-0.05, 0) is 25.0 Å². The SMILES string of the molecule is O=C([O-])[C@@H]1CCCN1C(=O)c1cccnc1. The molecule has 84 valence electrons. The lowest BCUT2D eigenvalue weighted by molar-refractivity contribution is -0.310. The lowest BCUT2D eigenvalue weighted by atomic mass is 10.2. The van der Waals surface area contributed by atoms with Gasteiger partial charge in [-0.2, -0.15) is 0 Å². The standard InChI is InChI=1S/C11H12N2O3/c14-10(8-3-1-5-12-7-8)13-6-2-4-9(13)11(15)16/h1,3,5,7,9H,2,4,6H2,(H,15,16)/p-1/t9-/m0/s1. The average Bonchev–Trinajstić information content (AvgIpc) is 2.78. The van der Waals surface area contributed by atoms with Crippen molar-refractivity contribution in [2.24, 2.45) is 0 Å². The number of hydrogen-bond acceptors (Lipinski definition) is 4. The minimum atomic E-state index is -1.19. The molecule has 1 fully saturated rings. The molecular weight excluding hydrogens is 208 g/mol. The fourth-order valence-corrected chi connectivity index (χ4v) is 1.91. The van der Waals surface area contributed by atoms with E-state index in [0.717, 1.165) is 0 Å². The van der Waals surface area contributed by atoms with E-state index in [-0.39, 0.29) is 5.91 Å². The number of rotatable bonds is 2. The van der Waals surface area contributed by atoms with Crippen LogP contribution >= 0.6 is 0 Å². The van der Waals surface area contributed by atoms with Crippen molar-refractivity contribution >= 4 is 11.9 Å². The molecule has 1 aliphatic rings. The molecule has 1 amide bonds. The van der Waals surface area contributed by atoms with E-state index in [9.17, 15) is 14.7 Å². The largest absolute Gasteiger partial charge is 0.548 e. The predicted molar refractivity (Wildman–Crippen MR) is 53.3 cm³/mol. The van der Waals surface area contributed by atoms with Crippen LogP contribution in [0.4, 0.5) is 0 Å². The first-order valence-corrected chi connectivity index (χ1v) is 5.12. The van der Waals surface area contributed by atoms with Crippen LogP contribution in [0.15, 0.2) is 24.5 Å². The van der Waals surface area contributed by atoms with Crippen LogP contribution in [0.5, 0.6) is 0 Å². The molecule has 0 N–H and O–H groups in total. The molecule has 1 aliphatic heterocycles. The first-order chi connectivity index (χ1) is 7.70. The van der Waals surface area contributed by atoms with Crippen LogP contribution in [-0.2, 0) is 4.79 Å². The van der Waals surface area contributed by atoms with E-state index in [1.807, 2.05) is 0 Å². The van der Waals surface area contributed by atoms with E-state index < -0.39 is 12.0 Å². The van der Waals surface area contributed by atoms with Crippen LogP contribution in [0.25, 0.3) is 0 Å². The monoisotopic (exact) mass is 219 g/mol. The molecule has 0 aromatic carbocycles. The molecule has 2 heterocycles. The van der Waals surface area contributed by atoms with Gasteiger partial charge in [-0.1, -0.05) is 0 Å². The Balaban J connectivity index is 2.19. The fraction of sp³-hybridized carbons (Fsp3) is 0.364. The number of carboxylic acid groups (broad SMARTS) is 1. The summed E-state index contributed by atoms with van der Waals surface area (Å²) in [4.78, 5) is 28.0. The van der Waals surface area contributed by atoms with Crippen LogP contribution in [0.1, 0.15) is 23.2 Å². The minimum absolute atomic E-state index is 0.292. The van der Waals surface area contributed by atoms with Crippen LogP contribution in [-0.4, -0.2) is 34.3 Å². The number of hydrogen-bond donors (Lipinski definition) is 0. The summed E-state index contributed by atoms with van der Waals surface area (Å²) in [6.07, 6.45) is 4.17. The number of likely N-dealkylation sites (tertiary alicyclic amines) is 1. The molecule has 0 saturated carbocycles. The van der Waals surface area contributed by atoms with Gasteiger partial charge in [0.25, 0.3) is 5.91 Å². The summed E-state index contributed by atoms with van der Waals surface area (Å²) in [5.74, 6) is -1.48. The first kappa shape index (κ1) is 10.6. The zero-order valence-electron chi connectivity index (χ0n) is 8.63. The van der Waals surface area contributed by atoms with Crippen molar-refractivity contribution < 1.29 is 14.7 Å². The van der Waals surface area contributed by atoms with Crippen molar-refractivity contribution in [2.75, 3.05) is 6.54 Å². The normalized spacial score (nSPS) is 19.8. The summed E-state index contributed by atoms with van der Waals surface area (Å²) < 4.78 is 0. The Morgan fingerprint density at radius 1 is 1.50 bits per heavy atom. The van der Waals surface area contributed by atoms with E-state index in [4.69, 9.17) is 0 Å². The molecular formula is C11H11N2O3-. The van der Waals surface area contributed by atoms with Crippen molar-refractivity contribution in [2.45, 2.75) is 18.9 Å². The van der Waals surface area contributed by atoms with Crippen molar-refractivity contribution in [1.82, 2.24) is 9.88 Å². The van der Waals surface area contributed by atoms with E-state index in [0.29, 0.717) is 24.9 Å². The summed E-state index contributed by atoms with van der Waals surface area (Å²) in [5, 5.41) is 10.8. The molecule has 1 atom stereocenters. The highest BCUT2D eigenvalue weighted by Gasteiger charge is 2.30. The summed E-state index contributed by atoms with van der Waals surface area (Å²) in [6.45, 7) is 0.465. The lowest BCUT2D eigenvalue weighted by Gasteiger charge is -2.25. The van der Waals surface area contributed by atoms with Crippen molar-refractivity contribution in [3.8, 4) is 0 Å². The van der Waals surface area contributed by atoms with E-state index in [1.165, 1.54) is 11.1 Å². The molecule has 2 rings (SSSR count). The van der Waals surface area contributed by atoms with Crippen molar-refractivity contribution in [3.05, 3.63) is 30.1 Å². The van der Waals surface area contributed by atoms with Gasteiger partial charge in [0.2, 0.25) is 0 Å². The van der Waals surface area contributed by atoms with Gasteiger partial charge in [-0.15, -0.1) is 0 Å². The summed E-state index contributed by atoms with van der Waals surface area (Å²) in [7, 11) is 0. The molecule has 5 heteroatoms. The lowest BCUT2D eigenvalue weighted by Crippen LogP contribution is -2.47. The summed E-state index contributed by atoms with van der Waals surface area (Å²) in [6, 6.07) is 2.48. The van der Waals surface area contributed by atoms with Crippen LogP contribution < -0.4 is 5.11 Å². The van der Waals surface area contributed by atoms with Gasteiger partial charge < -0.3 is 14.8 Å². The highest BCUT2D eigenvalue weighted by atomic mass is 16.4. The molecule has 0 aliphatic carbocycles. The van der Waals surface area contributed by atoms with E-state index in [2.05, 4.69) is 4.98 Å². The third kappa shape index (κ3) is 1.88. The van der Waals surface area contributed by atoms with Crippen LogP contribution in [0.2, 0.25) is 0 Å². The van der Waals surface area contributed by atoms with Gasteiger partial charge in [0.1, 0.15) is 0 Å². The molecule has 0 radical (unpaired) electrons. The topological polar surface area (TPSA) is 73.3 Å². The molecule has 0 unspecified atom stereocenters. The van der Waals surface area contributed by atoms with Gasteiger partial charge in [-0.3, -0.25) is 9.78 Å². The Labute approximate surface area is 92.7 Å². The third-order valence-electron chi connectivity index (χ3n) is 2.69. The Morgan fingerprint density at radius 2 is 2.31 bits per heavy atom. The Hall–Kier alpha value is -1.91. The number of carbonyl (C=O) groups is 2. The molecule has 0 spiro atoms. The number of carboxylic acids is 1. The minimum Gasteiger partial charge on any atom is -0.548 e. The second-order valence-electron chi connectivity index (χ2n) is 3.72. The predicted octanol–water partition coefficient (Wildman–Crippen LogP) is -0.564. The maximum Gasteiger partial charge on any atom is 0.255 e. The number of carbonyl (C=O) groups excluding carboxylic acids is 2. The van der Waals surface area contributed by atoms with Gasteiger partial charge in [0, 0.05) is 18.9 Å². The van der Waals surface area contributed by atoms with E-state index in [1.54, 1.807) is 18.3 Å². The quantitative estimate of drug-likeness (QED) is 0.668. The van der Waals surface area contributed by atoms with Crippen molar-refractivity contribution in [3.63, 3.8) is 0 Å². The van der Waals surface area contributed by atoms with Crippen molar-refractivity contribution in [1.29, 1.82) is 0 Å². The molecule has 5 nitrogen and oxygen atoms in total. The second kappa shape index (κ2) is 4.30. The number of aromatic nitrogens is 1. The highest BCUT2D eigenvalue weighted by molar-refractivity contribution is 5.96. The third-order valence-corrected chi connectivity index (χ3v) is 2.69. The summed E-state index contributed by atoms with van der Waals surface area (Å²) >= 11 is 0. The Bertz CT molecular complexity index is 405. The molecule has 1 saturated heterocycles. The van der Waals surface area contributed by atoms with E-state index >= 15 is 0 Å². The zero-order valence-corrected chi connectivity index (χ0v) is 8.63. The number of amides is 1. The van der Waals surface area contributed by atoms with Gasteiger partial charge in [-0.25, -0.2) is 0 Å². The molecule has 16 heavy (non-hydrogen) atoms. The van der Waals surface area contributed by atoms with Gasteiger partial charge >= 0.3 is 0 Å². The van der Waals surface area contributed by atoms with Gasteiger partial charge in [0.05, 0.1) is 17.6 Å². The van der Waals surface area contributed by atoms with Gasteiger partial charge in [0.15, 0.2) is 0 Å². The second-order valence-corrected chi connectivity index (χ2v) is 3.72. The number of nitrogens with zero attached hydrogens (tertiary/aromatic N) is 2. The Morgan fingerprint density at radius 3 is 2.94 bits per heavy atom. The maximum atomic E-state index is 12.0. The average molecular weight is 219 g/mol. The maximum absolute atomic E-state index is 12.0. The summed E-state index contributed by atoms with van der Waals surface area (Å²) in [5.41, 5.74) is 0.413. The zero-order chi connectivity index (χ0) is 11.5. The number of pyridine rings is 1. The first-order valence-electron chi connectivity index (χ1n) is 5.12. The molecule has 1 aromatic heterocycles. The van der Waals surface area contributed by atoms with Crippen LogP contribution in [0, 0.1) is 0 Å². The van der Waals surface area contributed by atoms with Crippen LogP contribution in [0.3, 0.4) is 0 Å². The highest BCUT2D eigenvalue weighted by Crippen LogP contribution is 2.19. The fourth-order valence-electron chi connectivity index (χ4n) is 1.91.